The summed E-state index contributed by atoms with van der Waals surface area (Å²) in [4.78, 5) is 0. The molecule has 82 valence electrons. The Morgan fingerprint density at radius 3 is 2.36 bits per heavy atom. The Morgan fingerprint density at radius 2 is 1.93 bits per heavy atom. The van der Waals surface area contributed by atoms with Crippen LogP contribution in [0.25, 0.3) is 0 Å². The molecule has 0 amide bonds. The van der Waals surface area contributed by atoms with Crippen LogP contribution in [0.4, 0.5) is 0 Å². The predicted octanol–water partition coefficient (Wildman–Crippen LogP) is 4.64. The second-order valence-corrected chi connectivity index (χ2v) is 6.17. The third-order valence-electron chi connectivity index (χ3n) is 5.10. The Kier molecular flexibility index (Phi) is 2.91. The van der Waals surface area contributed by atoms with Gasteiger partial charge in [-0.15, -0.1) is 0 Å². The minimum Gasteiger partial charge on any atom is -0.0651 e. The molecule has 2 atom stereocenters. The van der Waals surface area contributed by atoms with E-state index in [0.717, 1.165) is 23.2 Å². The smallest absolute Gasteiger partial charge is 0.0295 e. The highest BCUT2D eigenvalue weighted by Gasteiger charge is 2.44. The van der Waals surface area contributed by atoms with Crippen LogP contribution >= 0.6 is 0 Å². The molecule has 2 fully saturated rings. The third kappa shape index (κ3) is 1.73. The van der Waals surface area contributed by atoms with Crippen molar-refractivity contribution in [1.29, 1.82) is 0 Å². The summed E-state index contributed by atoms with van der Waals surface area (Å²) in [5.74, 6) is 2.99. The minimum atomic E-state index is 0.839. The Bertz CT molecular complexity index is 188. The summed E-state index contributed by atoms with van der Waals surface area (Å²) in [5.41, 5.74) is 0.839. The molecule has 0 aromatic rings. The summed E-state index contributed by atoms with van der Waals surface area (Å²) in [5, 5.41) is 0. The van der Waals surface area contributed by atoms with Gasteiger partial charge in [0.2, 0.25) is 0 Å². The van der Waals surface area contributed by atoms with Gasteiger partial charge in [-0.2, -0.15) is 0 Å². The van der Waals surface area contributed by atoms with Gasteiger partial charge < -0.3 is 0 Å². The lowest BCUT2D eigenvalue weighted by Gasteiger charge is -2.51. The third-order valence-corrected chi connectivity index (χ3v) is 5.10. The topological polar surface area (TPSA) is 0 Å². The molecule has 2 unspecified atom stereocenters. The molecule has 0 heterocycles. The highest BCUT2D eigenvalue weighted by Crippen LogP contribution is 2.56. The van der Waals surface area contributed by atoms with Crippen molar-refractivity contribution >= 4 is 0 Å². The Hall–Kier alpha value is 0. The molecule has 0 aromatic heterocycles. The Labute approximate surface area is 89.5 Å². The normalized spacial score (nSPS) is 36.0. The summed E-state index contributed by atoms with van der Waals surface area (Å²) in [6.07, 6.45) is 10.7. The van der Waals surface area contributed by atoms with Crippen molar-refractivity contribution in [2.45, 2.75) is 65.7 Å². The van der Waals surface area contributed by atoms with Gasteiger partial charge in [0.1, 0.15) is 0 Å². The number of hydrogen-bond acceptors (Lipinski definition) is 0. The van der Waals surface area contributed by atoms with Crippen molar-refractivity contribution in [3.63, 3.8) is 0 Å². The molecule has 0 aliphatic heterocycles. The molecule has 0 bridgehead atoms. The second kappa shape index (κ2) is 3.87. The van der Waals surface area contributed by atoms with Gasteiger partial charge in [-0.1, -0.05) is 33.6 Å². The molecule has 2 aliphatic rings. The van der Waals surface area contributed by atoms with Gasteiger partial charge in [0.05, 0.1) is 0 Å². The first-order valence-electron chi connectivity index (χ1n) is 6.67. The lowest BCUT2D eigenvalue weighted by atomic mass is 9.54. The monoisotopic (exact) mass is 194 g/mol. The molecule has 0 radical (unpaired) electrons. The molecular formula is C14H26. The van der Waals surface area contributed by atoms with Gasteiger partial charge in [-0.05, 0) is 55.3 Å². The highest BCUT2D eigenvalue weighted by atomic mass is 14.5. The Balaban J connectivity index is 1.99. The van der Waals surface area contributed by atoms with E-state index in [1.807, 2.05) is 0 Å². The van der Waals surface area contributed by atoms with E-state index < -0.39 is 0 Å². The highest BCUT2D eigenvalue weighted by molar-refractivity contribution is 4.95. The zero-order valence-electron chi connectivity index (χ0n) is 10.2. The van der Waals surface area contributed by atoms with Crippen LogP contribution in [0.15, 0.2) is 0 Å². The molecule has 1 spiro atoms. The molecule has 0 nitrogen and oxygen atoms in total. The maximum absolute atomic E-state index is 2.42. The SMILES string of the molecule is CCC1CC2(CCC2)CCC1C(C)C. The van der Waals surface area contributed by atoms with Crippen molar-refractivity contribution in [3.8, 4) is 0 Å². The molecule has 14 heavy (non-hydrogen) atoms. The first kappa shape index (κ1) is 10.5. The molecule has 0 aromatic carbocycles. The van der Waals surface area contributed by atoms with Crippen LogP contribution in [0.1, 0.15) is 65.7 Å². The molecular weight excluding hydrogens is 168 g/mol. The standard InChI is InChI=1S/C14H26/c1-4-12-10-14(7-5-8-14)9-6-13(12)11(2)3/h11-13H,4-10H2,1-3H3. The minimum absolute atomic E-state index is 0.839. The molecule has 2 aliphatic carbocycles. The van der Waals surface area contributed by atoms with E-state index in [1.165, 1.54) is 19.3 Å². The van der Waals surface area contributed by atoms with Crippen LogP contribution in [0, 0.1) is 23.2 Å². The van der Waals surface area contributed by atoms with Gasteiger partial charge in [0.25, 0.3) is 0 Å². The van der Waals surface area contributed by atoms with Crippen molar-refractivity contribution in [3.05, 3.63) is 0 Å². The van der Waals surface area contributed by atoms with Crippen molar-refractivity contribution in [2.24, 2.45) is 23.2 Å². The maximum atomic E-state index is 2.42. The number of hydrogen-bond donors (Lipinski definition) is 0. The lowest BCUT2D eigenvalue weighted by molar-refractivity contribution is 0.00125. The molecule has 0 N–H and O–H groups in total. The zero-order chi connectivity index (χ0) is 10.2. The Morgan fingerprint density at radius 1 is 1.21 bits per heavy atom. The fraction of sp³-hybridized carbons (Fsp3) is 1.00. The fourth-order valence-corrected chi connectivity index (χ4v) is 3.97. The maximum Gasteiger partial charge on any atom is -0.0295 e. The quantitative estimate of drug-likeness (QED) is 0.601. The van der Waals surface area contributed by atoms with Gasteiger partial charge in [-0.25, -0.2) is 0 Å². The van der Waals surface area contributed by atoms with E-state index >= 15 is 0 Å². The second-order valence-electron chi connectivity index (χ2n) is 6.17. The van der Waals surface area contributed by atoms with E-state index in [0.29, 0.717) is 0 Å². The van der Waals surface area contributed by atoms with Gasteiger partial charge in [0, 0.05) is 0 Å². The summed E-state index contributed by atoms with van der Waals surface area (Å²) >= 11 is 0. The van der Waals surface area contributed by atoms with Crippen LogP contribution < -0.4 is 0 Å². The fourth-order valence-electron chi connectivity index (χ4n) is 3.97. The van der Waals surface area contributed by atoms with Crippen molar-refractivity contribution < 1.29 is 0 Å². The summed E-state index contributed by atoms with van der Waals surface area (Å²) in [7, 11) is 0. The van der Waals surface area contributed by atoms with Crippen molar-refractivity contribution in [2.75, 3.05) is 0 Å². The van der Waals surface area contributed by atoms with Crippen LogP contribution in [0.3, 0.4) is 0 Å². The van der Waals surface area contributed by atoms with Crippen LogP contribution in [0.5, 0.6) is 0 Å². The van der Waals surface area contributed by atoms with Crippen LogP contribution in [-0.4, -0.2) is 0 Å². The van der Waals surface area contributed by atoms with Crippen molar-refractivity contribution in [1.82, 2.24) is 0 Å². The largest absolute Gasteiger partial charge is 0.0651 e. The average molecular weight is 194 g/mol. The van der Waals surface area contributed by atoms with E-state index in [1.54, 1.807) is 25.7 Å². The molecule has 0 heteroatoms. The van der Waals surface area contributed by atoms with Crippen LogP contribution in [0.2, 0.25) is 0 Å². The van der Waals surface area contributed by atoms with E-state index in [-0.39, 0.29) is 0 Å². The summed E-state index contributed by atoms with van der Waals surface area (Å²) in [6.45, 7) is 7.25. The molecule has 0 saturated heterocycles. The van der Waals surface area contributed by atoms with Gasteiger partial charge in [0.15, 0.2) is 0 Å². The zero-order valence-corrected chi connectivity index (χ0v) is 10.2. The van der Waals surface area contributed by atoms with Gasteiger partial charge >= 0.3 is 0 Å². The molecule has 2 saturated carbocycles. The molecule has 2 rings (SSSR count). The predicted molar refractivity (Wildman–Crippen MR) is 62.2 cm³/mol. The van der Waals surface area contributed by atoms with E-state index in [4.69, 9.17) is 0 Å². The van der Waals surface area contributed by atoms with Crippen LogP contribution in [-0.2, 0) is 0 Å². The summed E-state index contributed by atoms with van der Waals surface area (Å²) in [6, 6.07) is 0. The van der Waals surface area contributed by atoms with E-state index in [9.17, 15) is 0 Å². The van der Waals surface area contributed by atoms with Gasteiger partial charge in [-0.3, -0.25) is 0 Å². The lowest BCUT2D eigenvalue weighted by Crippen LogP contribution is -2.39. The van der Waals surface area contributed by atoms with E-state index in [2.05, 4.69) is 20.8 Å². The first-order chi connectivity index (χ1) is 6.67. The average Bonchev–Trinajstić information content (AvgIpc) is 2.14. The number of rotatable bonds is 2. The summed E-state index contributed by atoms with van der Waals surface area (Å²) < 4.78 is 0. The first-order valence-corrected chi connectivity index (χ1v) is 6.67.